The second kappa shape index (κ2) is 7.06. The van der Waals surface area contributed by atoms with E-state index in [4.69, 9.17) is 0 Å². The zero-order valence-electron chi connectivity index (χ0n) is 12.6. The van der Waals surface area contributed by atoms with Crippen LogP contribution in [0, 0.1) is 0 Å². The first-order valence-electron chi connectivity index (χ1n) is 7.68. The molecule has 106 valence electrons. The Bertz CT molecular complexity index is 361. The molecule has 0 saturated carbocycles. The highest BCUT2D eigenvalue weighted by molar-refractivity contribution is 5.18. The Morgan fingerprint density at radius 2 is 1.95 bits per heavy atom. The normalized spacial score (nSPS) is 22.0. The van der Waals surface area contributed by atoms with Gasteiger partial charge in [-0.2, -0.15) is 0 Å². The Morgan fingerprint density at radius 1 is 1.21 bits per heavy atom. The van der Waals surface area contributed by atoms with Crippen LogP contribution in [0.3, 0.4) is 0 Å². The van der Waals surface area contributed by atoms with Crippen LogP contribution in [-0.4, -0.2) is 36.6 Å². The lowest BCUT2D eigenvalue weighted by Crippen LogP contribution is -2.37. The summed E-state index contributed by atoms with van der Waals surface area (Å²) >= 11 is 0. The van der Waals surface area contributed by atoms with Gasteiger partial charge in [0.25, 0.3) is 0 Å². The predicted molar refractivity (Wildman–Crippen MR) is 82.6 cm³/mol. The largest absolute Gasteiger partial charge is 0.310 e. The maximum absolute atomic E-state index is 3.65. The van der Waals surface area contributed by atoms with Crippen molar-refractivity contribution in [2.24, 2.45) is 0 Å². The molecule has 0 aromatic heterocycles. The van der Waals surface area contributed by atoms with E-state index < -0.39 is 0 Å². The van der Waals surface area contributed by atoms with E-state index in [9.17, 15) is 0 Å². The fourth-order valence-electron chi connectivity index (χ4n) is 2.97. The lowest BCUT2D eigenvalue weighted by Gasteiger charge is -2.20. The molecule has 0 spiro atoms. The fraction of sp³-hybridized carbons (Fsp3) is 0.647. The van der Waals surface area contributed by atoms with Crippen molar-refractivity contribution in [2.75, 3.05) is 19.6 Å². The van der Waals surface area contributed by atoms with Gasteiger partial charge in [-0.1, -0.05) is 51.1 Å². The first-order chi connectivity index (χ1) is 9.15. The molecule has 19 heavy (non-hydrogen) atoms. The van der Waals surface area contributed by atoms with E-state index in [0.29, 0.717) is 18.0 Å². The van der Waals surface area contributed by atoms with Gasteiger partial charge in [0.2, 0.25) is 0 Å². The van der Waals surface area contributed by atoms with Gasteiger partial charge >= 0.3 is 0 Å². The van der Waals surface area contributed by atoms with Crippen LogP contribution in [0.5, 0.6) is 0 Å². The highest BCUT2D eigenvalue weighted by Gasteiger charge is 2.22. The lowest BCUT2D eigenvalue weighted by molar-refractivity contribution is 0.312. The molecule has 1 aromatic rings. The summed E-state index contributed by atoms with van der Waals surface area (Å²) in [6.07, 6.45) is 2.57. The fourth-order valence-corrected chi connectivity index (χ4v) is 2.97. The summed E-state index contributed by atoms with van der Waals surface area (Å²) in [4.78, 5) is 2.61. The molecule has 0 amide bonds. The van der Waals surface area contributed by atoms with Crippen molar-refractivity contribution < 1.29 is 0 Å². The Morgan fingerprint density at radius 3 is 2.63 bits per heavy atom. The second-order valence-electron chi connectivity index (χ2n) is 6.21. The van der Waals surface area contributed by atoms with Crippen LogP contribution in [0.15, 0.2) is 30.3 Å². The average molecular weight is 260 g/mol. The van der Waals surface area contributed by atoms with E-state index in [0.717, 1.165) is 0 Å². The maximum atomic E-state index is 3.65. The number of hydrogen-bond acceptors (Lipinski definition) is 2. The minimum absolute atomic E-state index is 0.605. The van der Waals surface area contributed by atoms with E-state index in [2.05, 4.69) is 61.3 Å². The molecule has 1 N–H and O–H groups in total. The van der Waals surface area contributed by atoms with Crippen molar-refractivity contribution >= 4 is 0 Å². The van der Waals surface area contributed by atoms with E-state index in [1.54, 1.807) is 0 Å². The molecule has 0 aliphatic carbocycles. The van der Waals surface area contributed by atoms with Gasteiger partial charge in [0.1, 0.15) is 0 Å². The van der Waals surface area contributed by atoms with E-state index in [1.807, 2.05) is 0 Å². The van der Waals surface area contributed by atoms with Gasteiger partial charge in [-0.15, -0.1) is 0 Å². The lowest BCUT2D eigenvalue weighted by atomic mass is 9.98. The quantitative estimate of drug-likeness (QED) is 0.844. The van der Waals surface area contributed by atoms with Gasteiger partial charge in [-0.25, -0.2) is 0 Å². The van der Waals surface area contributed by atoms with Gasteiger partial charge in [-0.05, 0) is 37.4 Å². The third kappa shape index (κ3) is 4.63. The summed E-state index contributed by atoms with van der Waals surface area (Å²) in [5.74, 6) is 0.665. The van der Waals surface area contributed by atoms with Crippen LogP contribution in [0.4, 0.5) is 0 Å². The third-order valence-corrected chi connectivity index (χ3v) is 4.09. The van der Waals surface area contributed by atoms with Gasteiger partial charge in [0.15, 0.2) is 0 Å². The number of hydrogen-bond donors (Lipinski definition) is 1. The van der Waals surface area contributed by atoms with Crippen molar-refractivity contribution in [1.29, 1.82) is 0 Å². The van der Waals surface area contributed by atoms with Gasteiger partial charge in [0, 0.05) is 18.6 Å². The van der Waals surface area contributed by atoms with E-state index in [1.165, 1.54) is 38.0 Å². The molecule has 2 nitrogen and oxygen atoms in total. The highest BCUT2D eigenvalue weighted by atomic mass is 15.2. The van der Waals surface area contributed by atoms with Gasteiger partial charge in [-0.3, -0.25) is 0 Å². The standard InChI is InChI=1S/C17H28N2/c1-14(2)18-17-10-12-19(13-17)11-9-15(3)16-7-5-4-6-8-16/h4-8,14-15,17-18H,9-13H2,1-3H3. The minimum Gasteiger partial charge on any atom is -0.310 e. The molecule has 1 aromatic carbocycles. The van der Waals surface area contributed by atoms with Crippen molar-refractivity contribution in [2.45, 2.75) is 51.6 Å². The number of benzene rings is 1. The molecule has 0 radical (unpaired) electrons. The van der Waals surface area contributed by atoms with E-state index in [-0.39, 0.29) is 0 Å². The number of rotatable bonds is 6. The van der Waals surface area contributed by atoms with Crippen LogP contribution in [0.25, 0.3) is 0 Å². The molecular weight excluding hydrogens is 232 g/mol. The van der Waals surface area contributed by atoms with Crippen molar-refractivity contribution in [3.05, 3.63) is 35.9 Å². The number of likely N-dealkylation sites (tertiary alicyclic amines) is 1. The van der Waals surface area contributed by atoms with Gasteiger partial charge in [0.05, 0.1) is 0 Å². The van der Waals surface area contributed by atoms with Crippen LogP contribution >= 0.6 is 0 Å². The van der Waals surface area contributed by atoms with Crippen LogP contribution in [0.2, 0.25) is 0 Å². The van der Waals surface area contributed by atoms with Crippen molar-refractivity contribution in [3.8, 4) is 0 Å². The zero-order valence-corrected chi connectivity index (χ0v) is 12.6. The Kier molecular flexibility index (Phi) is 5.41. The first kappa shape index (κ1) is 14.5. The predicted octanol–water partition coefficient (Wildman–Crippen LogP) is 3.25. The smallest absolute Gasteiger partial charge is 0.0209 e. The molecule has 1 aliphatic heterocycles. The van der Waals surface area contributed by atoms with E-state index >= 15 is 0 Å². The Labute approximate surface area is 118 Å². The Balaban J connectivity index is 1.72. The molecular formula is C17H28N2. The summed E-state index contributed by atoms with van der Waals surface area (Å²) in [5.41, 5.74) is 1.47. The summed E-state index contributed by atoms with van der Waals surface area (Å²) in [7, 11) is 0. The van der Waals surface area contributed by atoms with Crippen LogP contribution in [-0.2, 0) is 0 Å². The van der Waals surface area contributed by atoms with Crippen molar-refractivity contribution in [1.82, 2.24) is 10.2 Å². The molecule has 2 rings (SSSR count). The minimum atomic E-state index is 0.605. The van der Waals surface area contributed by atoms with Gasteiger partial charge < -0.3 is 10.2 Å². The zero-order chi connectivity index (χ0) is 13.7. The monoisotopic (exact) mass is 260 g/mol. The summed E-state index contributed by atoms with van der Waals surface area (Å²) < 4.78 is 0. The molecule has 2 unspecified atom stereocenters. The summed E-state index contributed by atoms with van der Waals surface area (Å²) in [6, 6.07) is 12.2. The number of nitrogens with zero attached hydrogens (tertiary/aromatic N) is 1. The molecule has 1 fully saturated rings. The second-order valence-corrected chi connectivity index (χ2v) is 6.21. The molecule has 0 bridgehead atoms. The topological polar surface area (TPSA) is 15.3 Å². The molecule has 2 atom stereocenters. The molecule has 1 heterocycles. The molecule has 1 aliphatic rings. The maximum Gasteiger partial charge on any atom is 0.0209 e. The Hall–Kier alpha value is -0.860. The van der Waals surface area contributed by atoms with Crippen LogP contribution in [0.1, 0.15) is 45.1 Å². The first-order valence-corrected chi connectivity index (χ1v) is 7.68. The highest BCUT2D eigenvalue weighted by Crippen LogP contribution is 2.20. The number of nitrogens with one attached hydrogen (secondary N) is 1. The van der Waals surface area contributed by atoms with Crippen LogP contribution < -0.4 is 5.32 Å². The summed E-state index contributed by atoms with van der Waals surface area (Å²) in [5, 5.41) is 3.65. The average Bonchev–Trinajstić information content (AvgIpc) is 2.84. The molecule has 1 saturated heterocycles. The SMILES string of the molecule is CC(C)NC1CCN(CCC(C)c2ccccc2)C1. The summed E-state index contributed by atoms with van der Waals surface area (Å²) in [6.45, 7) is 10.5. The van der Waals surface area contributed by atoms with Crippen molar-refractivity contribution in [3.63, 3.8) is 0 Å². The third-order valence-electron chi connectivity index (χ3n) is 4.09. The molecule has 2 heteroatoms.